The number of halogens is 2. The number of hydrogen-bond donors (Lipinski definition) is 0. The second-order valence-corrected chi connectivity index (χ2v) is 8.03. The summed E-state index contributed by atoms with van der Waals surface area (Å²) >= 11 is 0. The minimum Gasteiger partial charge on any atom is -0.252 e. The van der Waals surface area contributed by atoms with Crippen molar-refractivity contribution in [1.29, 1.82) is 5.26 Å². The second kappa shape index (κ2) is 8.61. The Morgan fingerprint density at radius 3 is 1.91 bits per heavy atom. The van der Waals surface area contributed by atoms with E-state index in [1.165, 1.54) is 24.3 Å². The number of nitrogens with zero attached hydrogens (tertiary/aromatic N) is 4. The van der Waals surface area contributed by atoms with E-state index >= 15 is 0 Å². The molecule has 6 heteroatoms. The fraction of sp³-hybridized carbons (Fsp3) is 0.111. The van der Waals surface area contributed by atoms with Crippen molar-refractivity contribution in [3.63, 3.8) is 0 Å². The fourth-order valence-electron chi connectivity index (χ4n) is 3.55. The Morgan fingerprint density at radius 2 is 1.36 bits per heavy atom. The zero-order chi connectivity index (χ0) is 23.6. The summed E-state index contributed by atoms with van der Waals surface area (Å²) in [4.78, 5) is 12.8. The Balaban J connectivity index is 1.74. The molecule has 2 aromatic heterocycles. The molecule has 4 nitrogen and oxygen atoms in total. The van der Waals surface area contributed by atoms with Crippen LogP contribution in [0.5, 0.6) is 0 Å². The molecule has 0 radical (unpaired) electrons. The van der Waals surface area contributed by atoms with Gasteiger partial charge >= 0.3 is 0 Å². The van der Waals surface area contributed by atoms with Crippen molar-refractivity contribution in [1.82, 2.24) is 9.97 Å². The van der Waals surface area contributed by atoms with Crippen LogP contribution in [-0.2, 0) is 5.41 Å². The molecule has 33 heavy (non-hydrogen) atoms. The maximum absolute atomic E-state index is 13.7. The van der Waals surface area contributed by atoms with Crippen LogP contribution in [0.2, 0.25) is 0 Å². The molecule has 4 aromatic rings. The lowest BCUT2D eigenvalue weighted by Gasteiger charge is -2.25. The van der Waals surface area contributed by atoms with E-state index in [1.807, 2.05) is 56.3 Å². The van der Waals surface area contributed by atoms with Crippen molar-refractivity contribution in [2.24, 2.45) is 0 Å². The molecule has 0 saturated carbocycles. The highest BCUT2D eigenvalue weighted by atomic mass is 19.1. The normalized spacial score (nSPS) is 11.0. The standard InChI is InChI=1S/C27H18F2N4/c1-27(2,25-8-4-6-22(32-25)17-10-12-20(28)19(14-17)16-30)26-9-5-7-23(33-26)18-11-13-21(29)24(15-18)31-3/h4-15H,1-2H3. The SMILES string of the molecule is [C-]#[N+]c1cc(-c2cccc(C(C)(C)c3cccc(-c4ccc(F)c(C#N)c4)n3)n2)ccc1F. The highest BCUT2D eigenvalue weighted by Gasteiger charge is 2.27. The van der Waals surface area contributed by atoms with Crippen molar-refractivity contribution in [2.45, 2.75) is 19.3 Å². The van der Waals surface area contributed by atoms with Gasteiger partial charge in [0, 0.05) is 11.0 Å². The molecular weight excluding hydrogens is 418 g/mol. The summed E-state index contributed by atoms with van der Waals surface area (Å²) in [6.45, 7) is 11.1. The number of rotatable bonds is 4. The van der Waals surface area contributed by atoms with Crippen LogP contribution < -0.4 is 0 Å². The van der Waals surface area contributed by atoms with Crippen molar-refractivity contribution >= 4 is 5.69 Å². The summed E-state index contributed by atoms with van der Waals surface area (Å²) in [5, 5.41) is 9.13. The van der Waals surface area contributed by atoms with Gasteiger partial charge in [0.25, 0.3) is 0 Å². The van der Waals surface area contributed by atoms with Crippen LogP contribution in [0.3, 0.4) is 0 Å². The van der Waals surface area contributed by atoms with Gasteiger partial charge in [0.15, 0.2) is 0 Å². The monoisotopic (exact) mass is 436 g/mol. The summed E-state index contributed by atoms with van der Waals surface area (Å²) in [7, 11) is 0. The summed E-state index contributed by atoms with van der Waals surface area (Å²) in [5.41, 5.74) is 3.35. The van der Waals surface area contributed by atoms with E-state index in [4.69, 9.17) is 21.8 Å². The Labute approximate surface area is 190 Å². The fourth-order valence-corrected chi connectivity index (χ4v) is 3.55. The van der Waals surface area contributed by atoms with E-state index in [0.29, 0.717) is 22.5 Å². The van der Waals surface area contributed by atoms with E-state index in [1.54, 1.807) is 12.1 Å². The maximum Gasteiger partial charge on any atom is 0.222 e. The van der Waals surface area contributed by atoms with Gasteiger partial charge in [0.2, 0.25) is 5.69 Å². The number of benzene rings is 2. The predicted molar refractivity (Wildman–Crippen MR) is 122 cm³/mol. The van der Waals surface area contributed by atoms with Crippen LogP contribution in [0.1, 0.15) is 30.8 Å². The third-order valence-electron chi connectivity index (χ3n) is 5.52. The largest absolute Gasteiger partial charge is 0.252 e. The lowest BCUT2D eigenvalue weighted by molar-refractivity contribution is 0.596. The van der Waals surface area contributed by atoms with Gasteiger partial charge < -0.3 is 0 Å². The molecule has 0 N–H and O–H groups in total. The van der Waals surface area contributed by atoms with Crippen molar-refractivity contribution in [3.05, 3.63) is 113 Å². The summed E-state index contributed by atoms with van der Waals surface area (Å²) in [6.07, 6.45) is 0. The molecule has 4 rings (SSSR count). The van der Waals surface area contributed by atoms with Crippen LogP contribution in [0.4, 0.5) is 14.5 Å². The van der Waals surface area contributed by atoms with E-state index in [9.17, 15) is 8.78 Å². The average molecular weight is 436 g/mol. The number of aromatic nitrogens is 2. The molecule has 2 aromatic carbocycles. The minimum absolute atomic E-state index is 0.0357. The molecule has 0 atom stereocenters. The molecule has 0 aliphatic heterocycles. The van der Waals surface area contributed by atoms with E-state index in [0.717, 1.165) is 11.4 Å². The Bertz CT molecular complexity index is 1340. The predicted octanol–water partition coefficient (Wildman–Crippen LogP) is 6.84. The third kappa shape index (κ3) is 4.20. The molecule has 0 aliphatic rings. The van der Waals surface area contributed by atoms with Gasteiger partial charge in [-0.05, 0) is 74.0 Å². The molecule has 0 amide bonds. The smallest absolute Gasteiger partial charge is 0.222 e. The van der Waals surface area contributed by atoms with E-state index < -0.39 is 17.0 Å². The van der Waals surface area contributed by atoms with Gasteiger partial charge in [0.1, 0.15) is 17.7 Å². The molecule has 0 fully saturated rings. The van der Waals surface area contributed by atoms with Crippen LogP contribution in [-0.4, -0.2) is 9.97 Å². The Kier molecular flexibility index (Phi) is 5.69. The third-order valence-corrected chi connectivity index (χ3v) is 5.52. The van der Waals surface area contributed by atoms with Crippen LogP contribution in [0, 0.1) is 29.5 Å². The van der Waals surface area contributed by atoms with Gasteiger partial charge in [-0.25, -0.2) is 13.6 Å². The minimum atomic E-state index is -0.591. The number of hydrogen-bond acceptors (Lipinski definition) is 3. The topological polar surface area (TPSA) is 53.9 Å². The molecule has 0 saturated heterocycles. The van der Waals surface area contributed by atoms with Gasteiger partial charge in [0.05, 0.1) is 34.9 Å². The quantitative estimate of drug-likeness (QED) is 0.329. The van der Waals surface area contributed by atoms with E-state index in [2.05, 4.69) is 4.85 Å². The molecule has 0 unspecified atom stereocenters. The first-order valence-electron chi connectivity index (χ1n) is 10.2. The molecule has 0 spiro atoms. The van der Waals surface area contributed by atoms with Gasteiger partial charge in [-0.3, -0.25) is 9.97 Å². The van der Waals surface area contributed by atoms with Gasteiger partial charge in [-0.15, -0.1) is 0 Å². The lowest BCUT2D eigenvalue weighted by Crippen LogP contribution is -2.22. The summed E-state index contributed by atoms with van der Waals surface area (Å²) in [6, 6.07) is 21.7. The number of nitriles is 1. The van der Waals surface area contributed by atoms with Gasteiger partial charge in [-0.2, -0.15) is 5.26 Å². The molecule has 0 bridgehead atoms. The van der Waals surface area contributed by atoms with Crippen LogP contribution in [0.25, 0.3) is 27.4 Å². The Hall–Kier alpha value is -4.42. The van der Waals surface area contributed by atoms with Crippen LogP contribution >= 0.6 is 0 Å². The summed E-state index contributed by atoms with van der Waals surface area (Å²) in [5.74, 6) is -1.13. The number of pyridine rings is 2. The summed E-state index contributed by atoms with van der Waals surface area (Å²) < 4.78 is 27.5. The van der Waals surface area contributed by atoms with Gasteiger partial charge in [-0.1, -0.05) is 18.2 Å². The van der Waals surface area contributed by atoms with Crippen molar-refractivity contribution in [3.8, 4) is 28.6 Å². The van der Waals surface area contributed by atoms with Crippen molar-refractivity contribution < 1.29 is 8.78 Å². The molecule has 2 heterocycles. The van der Waals surface area contributed by atoms with E-state index in [-0.39, 0.29) is 11.3 Å². The zero-order valence-corrected chi connectivity index (χ0v) is 18.0. The molecular formula is C27H18F2N4. The Morgan fingerprint density at radius 1 is 0.818 bits per heavy atom. The highest BCUT2D eigenvalue weighted by molar-refractivity contribution is 5.66. The first-order chi connectivity index (χ1) is 15.8. The zero-order valence-electron chi connectivity index (χ0n) is 18.0. The first-order valence-corrected chi connectivity index (χ1v) is 10.2. The first kappa shape index (κ1) is 21.8. The maximum atomic E-state index is 13.7. The molecule has 160 valence electrons. The van der Waals surface area contributed by atoms with Crippen molar-refractivity contribution in [2.75, 3.05) is 0 Å². The average Bonchev–Trinajstić information content (AvgIpc) is 2.85. The lowest BCUT2D eigenvalue weighted by atomic mass is 9.84. The second-order valence-electron chi connectivity index (χ2n) is 8.03. The highest BCUT2D eigenvalue weighted by Crippen LogP contribution is 2.33. The molecule has 0 aliphatic carbocycles. The van der Waals surface area contributed by atoms with Crippen LogP contribution in [0.15, 0.2) is 72.8 Å².